The Kier molecular flexibility index (Phi) is 7.28. The van der Waals surface area contributed by atoms with Gasteiger partial charge in [0, 0.05) is 25.2 Å². The zero-order valence-electron chi connectivity index (χ0n) is 14.5. The van der Waals surface area contributed by atoms with Gasteiger partial charge in [0.05, 0.1) is 11.8 Å². The van der Waals surface area contributed by atoms with Gasteiger partial charge in [0.15, 0.2) is 0 Å². The zero-order valence-corrected chi connectivity index (χ0v) is 14.5. The molecule has 1 fully saturated rings. The summed E-state index contributed by atoms with van der Waals surface area (Å²) >= 11 is 0. The molecular weight excluding hydrogens is 306 g/mol. The highest BCUT2D eigenvalue weighted by atomic mass is 16.4. The van der Waals surface area contributed by atoms with Crippen LogP contribution in [0.3, 0.4) is 0 Å². The van der Waals surface area contributed by atoms with Crippen LogP contribution in [0.1, 0.15) is 75.1 Å². The normalized spacial score (nSPS) is 16.7. The molecule has 0 bridgehead atoms. The molecule has 1 heterocycles. The number of hydrogen-bond acceptors (Lipinski definition) is 3. The van der Waals surface area contributed by atoms with Crippen molar-refractivity contribution in [2.75, 3.05) is 0 Å². The van der Waals surface area contributed by atoms with Crippen LogP contribution in [-0.2, 0) is 11.3 Å². The quantitative estimate of drug-likeness (QED) is 0.725. The van der Waals surface area contributed by atoms with Gasteiger partial charge in [-0.1, -0.05) is 39.0 Å². The van der Waals surface area contributed by atoms with Gasteiger partial charge in [-0.05, 0) is 25.2 Å². The summed E-state index contributed by atoms with van der Waals surface area (Å²) in [5.41, 5.74) is 0.549. The number of amides is 1. The molecule has 2 N–H and O–H groups in total. The van der Waals surface area contributed by atoms with E-state index in [2.05, 4.69) is 17.3 Å². The lowest BCUT2D eigenvalue weighted by molar-refractivity contribution is -0.137. The summed E-state index contributed by atoms with van der Waals surface area (Å²) in [7, 11) is 0. The van der Waals surface area contributed by atoms with Gasteiger partial charge in [-0.3, -0.25) is 14.3 Å². The molecule has 1 atom stereocenters. The largest absolute Gasteiger partial charge is 0.481 e. The highest BCUT2D eigenvalue weighted by Gasteiger charge is 2.22. The van der Waals surface area contributed by atoms with Gasteiger partial charge in [0.2, 0.25) is 0 Å². The number of nitrogens with zero attached hydrogens (tertiary/aromatic N) is 2. The summed E-state index contributed by atoms with van der Waals surface area (Å²) in [6.07, 6.45) is 11.9. The smallest absolute Gasteiger partial charge is 0.303 e. The van der Waals surface area contributed by atoms with Crippen molar-refractivity contribution in [2.45, 2.75) is 77.3 Å². The van der Waals surface area contributed by atoms with Crippen molar-refractivity contribution in [3.05, 3.63) is 18.0 Å². The first kappa shape index (κ1) is 18.5. The Morgan fingerprint density at radius 1 is 1.38 bits per heavy atom. The average Bonchev–Trinajstić information content (AvgIpc) is 3.03. The maximum Gasteiger partial charge on any atom is 0.303 e. The molecule has 0 saturated heterocycles. The number of aromatic nitrogens is 2. The van der Waals surface area contributed by atoms with E-state index in [9.17, 15) is 9.59 Å². The summed E-state index contributed by atoms with van der Waals surface area (Å²) in [5, 5.41) is 16.2. The van der Waals surface area contributed by atoms with Crippen LogP contribution in [0.15, 0.2) is 12.4 Å². The minimum Gasteiger partial charge on any atom is -0.481 e. The molecule has 6 heteroatoms. The van der Waals surface area contributed by atoms with Crippen molar-refractivity contribution in [3.63, 3.8) is 0 Å². The summed E-state index contributed by atoms with van der Waals surface area (Å²) in [6, 6.07) is -0.0776. The predicted octanol–water partition coefficient (Wildman–Crippen LogP) is 3.23. The van der Waals surface area contributed by atoms with Crippen molar-refractivity contribution >= 4 is 11.9 Å². The van der Waals surface area contributed by atoms with Crippen LogP contribution >= 0.6 is 0 Å². The van der Waals surface area contributed by atoms with E-state index in [0.717, 1.165) is 19.4 Å². The Morgan fingerprint density at radius 2 is 2.12 bits per heavy atom. The van der Waals surface area contributed by atoms with E-state index < -0.39 is 5.97 Å². The molecule has 0 aliphatic heterocycles. The Labute approximate surface area is 143 Å². The highest BCUT2D eigenvalue weighted by molar-refractivity contribution is 5.93. The fourth-order valence-electron chi connectivity index (χ4n) is 3.47. The molecule has 24 heavy (non-hydrogen) atoms. The fourth-order valence-corrected chi connectivity index (χ4v) is 3.47. The van der Waals surface area contributed by atoms with Gasteiger partial charge in [-0.15, -0.1) is 0 Å². The first-order valence-electron chi connectivity index (χ1n) is 9.13. The molecule has 1 aliphatic carbocycles. The lowest BCUT2D eigenvalue weighted by Crippen LogP contribution is -2.37. The first-order chi connectivity index (χ1) is 11.6. The van der Waals surface area contributed by atoms with E-state index in [1.165, 1.54) is 32.1 Å². The van der Waals surface area contributed by atoms with E-state index in [1.54, 1.807) is 17.1 Å². The maximum atomic E-state index is 12.4. The Balaban J connectivity index is 1.93. The van der Waals surface area contributed by atoms with Crippen molar-refractivity contribution in [2.24, 2.45) is 5.92 Å². The number of aliphatic carboxylic acids is 1. The van der Waals surface area contributed by atoms with Gasteiger partial charge in [0.25, 0.3) is 5.91 Å². The van der Waals surface area contributed by atoms with Crippen LogP contribution < -0.4 is 5.32 Å². The molecule has 1 aromatic rings. The van der Waals surface area contributed by atoms with Crippen molar-refractivity contribution < 1.29 is 14.7 Å². The number of rotatable bonds is 9. The monoisotopic (exact) mass is 335 g/mol. The van der Waals surface area contributed by atoms with Gasteiger partial charge in [-0.2, -0.15) is 5.10 Å². The Hall–Kier alpha value is -1.85. The number of aryl methyl sites for hydroxylation is 1. The molecule has 0 aromatic carbocycles. The van der Waals surface area contributed by atoms with Crippen LogP contribution in [-0.4, -0.2) is 32.8 Å². The Bertz CT molecular complexity index is 535. The molecule has 6 nitrogen and oxygen atoms in total. The lowest BCUT2D eigenvalue weighted by atomic mass is 9.84. The van der Waals surface area contributed by atoms with E-state index in [4.69, 9.17) is 5.11 Å². The second-order valence-electron chi connectivity index (χ2n) is 6.83. The van der Waals surface area contributed by atoms with E-state index in [0.29, 0.717) is 17.9 Å². The average molecular weight is 335 g/mol. The molecule has 2 rings (SSSR count). The number of nitrogens with one attached hydrogen (secondary N) is 1. The topological polar surface area (TPSA) is 84.2 Å². The molecule has 1 unspecified atom stereocenters. The minimum atomic E-state index is -0.811. The zero-order chi connectivity index (χ0) is 17.4. The molecule has 0 radical (unpaired) electrons. The number of carboxylic acids is 1. The molecule has 1 amide bonds. The van der Waals surface area contributed by atoms with E-state index >= 15 is 0 Å². The first-order valence-corrected chi connectivity index (χ1v) is 9.13. The standard InChI is InChI=1S/C18H29N3O3/c1-2-10-21-13-15(12-19-21)18(24)20-16(8-9-17(22)23)11-14-6-4-3-5-7-14/h12-14,16H,2-11H2,1H3,(H,20,24)(H,22,23). The number of carbonyl (C=O) groups excluding carboxylic acids is 1. The summed E-state index contributed by atoms with van der Waals surface area (Å²) in [4.78, 5) is 23.3. The van der Waals surface area contributed by atoms with E-state index in [1.807, 2.05) is 0 Å². The molecule has 1 aliphatic rings. The highest BCUT2D eigenvalue weighted by Crippen LogP contribution is 2.28. The number of hydrogen-bond donors (Lipinski definition) is 2. The number of carboxylic acid groups (broad SMARTS) is 1. The predicted molar refractivity (Wildman–Crippen MR) is 91.8 cm³/mol. The third kappa shape index (κ3) is 5.98. The SMILES string of the molecule is CCCn1cc(C(=O)NC(CCC(=O)O)CC2CCCCC2)cn1. The molecule has 134 valence electrons. The van der Waals surface area contributed by atoms with Gasteiger partial charge < -0.3 is 10.4 Å². The van der Waals surface area contributed by atoms with Crippen LogP contribution in [0.4, 0.5) is 0 Å². The molecule has 0 spiro atoms. The van der Waals surface area contributed by atoms with Gasteiger partial charge in [0.1, 0.15) is 0 Å². The van der Waals surface area contributed by atoms with Crippen LogP contribution in [0.25, 0.3) is 0 Å². The third-order valence-corrected chi connectivity index (χ3v) is 4.73. The van der Waals surface area contributed by atoms with Crippen molar-refractivity contribution in [3.8, 4) is 0 Å². The number of carbonyl (C=O) groups is 2. The molecular formula is C18H29N3O3. The summed E-state index contributed by atoms with van der Waals surface area (Å²) in [6.45, 7) is 2.85. The second kappa shape index (κ2) is 9.45. The third-order valence-electron chi connectivity index (χ3n) is 4.73. The lowest BCUT2D eigenvalue weighted by Gasteiger charge is -2.27. The summed E-state index contributed by atoms with van der Waals surface area (Å²) in [5.74, 6) is -0.363. The van der Waals surface area contributed by atoms with Crippen LogP contribution in [0.2, 0.25) is 0 Å². The second-order valence-corrected chi connectivity index (χ2v) is 6.83. The van der Waals surface area contributed by atoms with E-state index in [-0.39, 0.29) is 18.4 Å². The Morgan fingerprint density at radius 3 is 2.79 bits per heavy atom. The van der Waals surface area contributed by atoms with Crippen LogP contribution in [0.5, 0.6) is 0 Å². The minimum absolute atomic E-state index is 0.0776. The van der Waals surface area contributed by atoms with Gasteiger partial charge in [-0.25, -0.2) is 0 Å². The maximum absolute atomic E-state index is 12.4. The fraction of sp³-hybridized carbons (Fsp3) is 0.722. The van der Waals surface area contributed by atoms with Crippen molar-refractivity contribution in [1.82, 2.24) is 15.1 Å². The molecule has 1 aromatic heterocycles. The summed E-state index contributed by atoms with van der Waals surface area (Å²) < 4.78 is 1.77. The molecule has 1 saturated carbocycles. The van der Waals surface area contributed by atoms with Gasteiger partial charge >= 0.3 is 5.97 Å². The van der Waals surface area contributed by atoms with Crippen molar-refractivity contribution in [1.29, 1.82) is 0 Å². The van der Waals surface area contributed by atoms with Crippen LogP contribution in [0, 0.1) is 5.92 Å².